The maximum Gasteiger partial charge on any atom is 0.253 e. The van der Waals surface area contributed by atoms with Gasteiger partial charge in [0.15, 0.2) is 0 Å². The summed E-state index contributed by atoms with van der Waals surface area (Å²) in [5.41, 5.74) is 4.20. The summed E-state index contributed by atoms with van der Waals surface area (Å²) < 4.78 is 5.35. The molecule has 0 atom stereocenters. The first-order valence-electron chi connectivity index (χ1n) is 10.7. The summed E-state index contributed by atoms with van der Waals surface area (Å²) in [7, 11) is 0. The number of carbonyl (C=O) groups is 1. The van der Waals surface area contributed by atoms with Gasteiger partial charge in [-0.15, -0.1) is 0 Å². The molecule has 0 saturated carbocycles. The zero-order chi connectivity index (χ0) is 21.4. The highest BCUT2D eigenvalue weighted by molar-refractivity contribution is 6.02. The van der Waals surface area contributed by atoms with E-state index in [1.54, 1.807) is 0 Å². The molecule has 2 heterocycles. The number of fused-ring (bicyclic) bond motifs is 2. The van der Waals surface area contributed by atoms with Gasteiger partial charge < -0.3 is 9.64 Å². The van der Waals surface area contributed by atoms with E-state index in [1.807, 2.05) is 60.4 Å². The number of likely N-dealkylation sites (tertiary alicyclic amines) is 1. The maximum atomic E-state index is 12.7. The predicted molar refractivity (Wildman–Crippen MR) is 123 cm³/mol. The highest BCUT2D eigenvalue weighted by Crippen LogP contribution is 2.30. The van der Waals surface area contributed by atoms with Crippen LogP contribution in [0.3, 0.4) is 0 Å². The lowest BCUT2D eigenvalue weighted by Gasteiger charge is -2.15. The summed E-state index contributed by atoms with van der Waals surface area (Å²) in [5.74, 6) is 0.274. The molecule has 6 heteroatoms. The minimum atomic E-state index is 0.117. The first kappa shape index (κ1) is 19.3. The number of nitrogens with zero attached hydrogens (tertiary/aromatic N) is 2. The molecular weight excluding hydrogens is 388 g/mol. The summed E-state index contributed by atoms with van der Waals surface area (Å²) in [4.78, 5) is 14.6. The van der Waals surface area contributed by atoms with Gasteiger partial charge in [0.05, 0.1) is 17.8 Å². The Hall–Kier alpha value is -3.67. The van der Waals surface area contributed by atoms with Crippen molar-refractivity contribution in [3.05, 3.63) is 65.7 Å². The molecule has 1 saturated heterocycles. The molecule has 4 aromatic rings. The Labute approximate surface area is 180 Å². The summed E-state index contributed by atoms with van der Waals surface area (Å²) in [6, 6.07) is 17.8. The molecule has 31 heavy (non-hydrogen) atoms. The molecule has 2 N–H and O–H groups in total. The number of benzene rings is 3. The van der Waals surface area contributed by atoms with E-state index < -0.39 is 0 Å². The maximum absolute atomic E-state index is 12.7. The van der Waals surface area contributed by atoms with Gasteiger partial charge in [0.1, 0.15) is 0 Å². The van der Waals surface area contributed by atoms with Crippen molar-refractivity contribution in [1.29, 1.82) is 5.41 Å². The summed E-state index contributed by atoms with van der Waals surface area (Å²) >= 11 is 0. The Balaban J connectivity index is 1.51. The first-order chi connectivity index (χ1) is 15.1. The number of rotatable bonds is 4. The number of aromatic amines is 1. The van der Waals surface area contributed by atoms with Gasteiger partial charge in [-0.3, -0.25) is 15.3 Å². The lowest BCUT2D eigenvalue weighted by molar-refractivity contribution is 0.0793. The zero-order valence-electron chi connectivity index (χ0n) is 17.4. The van der Waals surface area contributed by atoms with E-state index in [0.717, 1.165) is 70.0 Å². The van der Waals surface area contributed by atoms with Gasteiger partial charge in [-0.1, -0.05) is 18.2 Å². The van der Waals surface area contributed by atoms with E-state index in [4.69, 9.17) is 10.1 Å². The van der Waals surface area contributed by atoms with Crippen molar-refractivity contribution < 1.29 is 9.53 Å². The minimum Gasteiger partial charge on any atom is -0.478 e. The van der Waals surface area contributed by atoms with E-state index in [1.165, 1.54) is 0 Å². The van der Waals surface area contributed by atoms with Crippen molar-refractivity contribution in [1.82, 2.24) is 15.1 Å². The van der Waals surface area contributed by atoms with Gasteiger partial charge in [0, 0.05) is 35.2 Å². The van der Waals surface area contributed by atoms with Crippen LogP contribution in [0.2, 0.25) is 0 Å². The van der Waals surface area contributed by atoms with Gasteiger partial charge >= 0.3 is 0 Å². The van der Waals surface area contributed by atoms with Crippen LogP contribution in [0.1, 0.15) is 35.7 Å². The van der Waals surface area contributed by atoms with Gasteiger partial charge in [-0.05, 0) is 66.9 Å². The Morgan fingerprint density at radius 3 is 2.58 bits per heavy atom. The van der Waals surface area contributed by atoms with Crippen LogP contribution in [0.4, 0.5) is 0 Å². The van der Waals surface area contributed by atoms with Crippen molar-refractivity contribution in [2.75, 3.05) is 19.7 Å². The second kappa shape index (κ2) is 7.87. The molecule has 1 amide bonds. The number of hydrogen-bond donors (Lipinski definition) is 2. The van der Waals surface area contributed by atoms with E-state index >= 15 is 0 Å². The molecule has 6 nitrogen and oxygen atoms in total. The molecule has 0 unspecified atom stereocenters. The second-order valence-electron chi connectivity index (χ2n) is 7.87. The van der Waals surface area contributed by atoms with Crippen molar-refractivity contribution in [2.24, 2.45) is 0 Å². The van der Waals surface area contributed by atoms with E-state index in [9.17, 15) is 4.79 Å². The fraction of sp³-hybridized carbons (Fsp3) is 0.240. The summed E-state index contributed by atoms with van der Waals surface area (Å²) in [5, 5.41) is 18.7. The Morgan fingerprint density at radius 1 is 1.03 bits per heavy atom. The molecule has 1 aliphatic heterocycles. The van der Waals surface area contributed by atoms with Crippen LogP contribution >= 0.6 is 0 Å². The SMILES string of the molecule is CCOC(=N)c1ccc2[nH]nc(-c3ccc4cc(C(=O)N5CCCC5)ccc4c3)c2c1. The lowest BCUT2D eigenvalue weighted by Crippen LogP contribution is -2.27. The smallest absolute Gasteiger partial charge is 0.253 e. The number of aromatic nitrogens is 2. The van der Waals surface area contributed by atoms with Crippen LogP contribution in [0.15, 0.2) is 54.6 Å². The largest absolute Gasteiger partial charge is 0.478 e. The standard InChI is InChI=1S/C25H24N4O2/c1-2-31-24(26)19-9-10-22-21(15-19)23(28-27-22)18-7-5-17-14-20(8-6-16(17)13-18)25(30)29-11-3-4-12-29/h5-10,13-15,26H,2-4,11-12H2,1H3,(H,27,28). The number of ether oxygens (including phenoxy) is 1. The highest BCUT2D eigenvalue weighted by Gasteiger charge is 2.19. The lowest BCUT2D eigenvalue weighted by atomic mass is 10.0. The molecule has 1 fully saturated rings. The van der Waals surface area contributed by atoms with Crippen molar-refractivity contribution in [3.8, 4) is 11.3 Å². The number of nitrogens with one attached hydrogen (secondary N) is 2. The highest BCUT2D eigenvalue weighted by atomic mass is 16.5. The normalized spacial score (nSPS) is 13.8. The average Bonchev–Trinajstić information content (AvgIpc) is 3.48. The molecule has 0 spiro atoms. The Morgan fingerprint density at radius 2 is 1.77 bits per heavy atom. The van der Waals surface area contributed by atoms with E-state index in [2.05, 4.69) is 16.3 Å². The zero-order valence-corrected chi connectivity index (χ0v) is 17.4. The monoisotopic (exact) mass is 412 g/mol. The number of amides is 1. The molecule has 156 valence electrons. The van der Waals surface area contributed by atoms with E-state index in [0.29, 0.717) is 6.61 Å². The van der Waals surface area contributed by atoms with Crippen molar-refractivity contribution in [3.63, 3.8) is 0 Å². The van der Waals surface area contributed by atoms with Crippen molar-refractivity contribution >= 4 is 33.5 Å². The third-order valence-corrected chi connectivity index (χ3v) is 5.87. The van der Waals surface area contributed by atoms with Crippen LogP contribution in [0.25, 0.3) is 32.9 Å². The molecular formula is C25H24N4O2. The summed E-state index contributed by atoms with van der Waals surface area (Å²) in [6.07, 6.45) is 2.18. The van der Waals surface area contributed by atoms with Crippen LogP contribution in [-0.4, -0.2) is 46.6 Å². The van der Waals surface area contributed by atoms with Gasteiger partial charge in [-0.25, -0.2) is 0 Å². The number of H-pyrrole nitrogens is 1. The molecule has 0 bridgehead atoms. The predicted octanol–water partition coefficient (Wildman–Crippen LogP) is 4.98. The van der Waals surface area contributed by atoms with Crippen LogP contribution in [0, 0.1) is 5.41 Å². The first-order valence-corrected chi connectivity index (χ1v) is 10.7. The third kappa shape index (κ3) is 3.54. The molecule has 3 aromatic carbocycles. The molecule has 0 radical (unpaired) electrons. The fourth-order valence-corrected chi connectivity index (χ4v) is 4.23. The molecule has 1 aliphatic rings. The average molecular weight is 412 g/mol. The quantitative estimate of drug-likeness (QED) is 0.366. The second-order valence-corrected chi connectivity index (χ2v) is 7.87. The molecule has 0 aliphatic carbocycles. The van der Waals surface area contributed by atoms with Crippen LogP contribution in [-0.2, 0) is 4.74 Å². The molecule has 5 rings (SSSR count). The van der Waals surface area contributed by atoms with Crippen LogP contribution < -0.4 is 0 Å². The topological polar surface area (TPSA) is 82.1 Å². The fourth-order valence-electron chi connectivity index (χ4n) is 4.23. The van der Waals surface area contributed by atoms with Crippen LogP contribution in [0.5, 0.6) is 0 Å². The Bertz CT molecular complexity index is 1300. The number of carbonyl (C=O) groups excluding carboxylic acids is 1. The minimum absolute atomic E-state index is 0.117. The van der Waals surface area contributed by atoms with Gasteiger partial charge in [-0.2, -0.15) is 5.10 Å². The van der Waals surface area contributed by atoms with Crippen molar-refractivity contribution in [2.45, 2.75) is 19.8 Å². The van der Waals surface area contributed by atoms with E-state index in [-0.39, 0.29) is 11.8 Å². The Kier molecular flexibility index (Phi) is 4.90. The molecule has 1 aromatic heterocycles. The summed E-state index contributed by atoms with van der Waals surface area (Å²) in [6.45, 7) is 4.03. The number of hydrogen-bond acceptors (Lipinski definition) is 4. The van der Waals surface area contributed by atoms with Gasteiger partial charge in [0.2, 0.25) is 5.90 Å². The van der Waals surface area contributed by atoms with Gasteiger partial charge in [0.25, 0.3) is 5.91 Å². The third-order valence-electron chi connectivity index (χ3n) is 5.87.